The number of hydrogen-bond donors (Lipinski definition) is 2. The number of benzene rings is 1. The lowest BCUT2D eigenvalue weighted by Gasteiger charge is -2.30. The largest absolute Gasteiger partial charge is 0.479 e. The molecule has 0 saturated heterocycles. The van der Waals surface area contributed by atoms with E-state index in [1.165, 1.54) is 0 Å². The first-order valence-corrected chi connectivity index (χ1v) is 8.49. The van der Waals surface area contributed by atoms with Crippen LogP contribution in [0.2, 0.25) is 0 Å². The molecule has 1 atom stereocenters. The van der Waals surface area contributed by atoms with Gasteiger partial charge < -0.3 is 24.8 Å². The van der Waals surface area contributed by atoms with E-state index in [4.69, 9.17) is 4.74 Å². The molecule has 0 unspecified atom stereocenters. The smallest absolute Gasteiger partial charge is 0.319 e. The standard InChI is InChI=1S/C17H22N6O3/c1-4-23-10-19-21-15(23)7-8-18-17(25)20-12-5-6-13-14(9-12)26-11(2)16(24)22(13)3/h5-6,9-11H,4,7-8H2,1-3H3,(H2,18,20,25)/t11-/m0/s1. The van der Waals surface area contributed by atoms with Crippen LogP contribution in [0.5, 0.6) is 5.75 Å². The van der Waals surface area contributed by atoms with E-state index >= 15 is 0 Å². The Morgan fingerprint density at radius 2 is 2.19 bits per heavy atom. The molecule has 0 radical (unpaired) electrons. The van der Waals surface area contributed by atoms with Crippen molar-refractivity contribution in [1.29, 1.82) is 0 Å². The number of nitrogens with zero attached hydrogens (tertiary/aromatic N) is 4. The number of carbonyl (C=O) groups excluding carboxylic acids is 2. The van der Waals surface area contributed by atoms with E-state index in [2.05, 4.69) is 20.8 Å². The summed E-state index contributed by atoms with van der Waals surface area (Å²) in [4.78, 5) is 25.5. The average Bonchev–Trinajstić information content (AvgIpc) is 3.07. The minimum atomic E-state index is -0.549. The topological polar surface area (TPSA) is 101 Å². The molecule has 9 nitrogen and oxygen atoms in total. The zero-order valence-electron chi connectivity index (χ0n) is 15.0. The van der Waals surface area contributed by atoms with E-state index in [1.807, 2.05) is 11.5 Å². The second kappa shape index (κ2) is 7.42. The number of hydrogen-bond acceptors (Lipinski definition) is 5. The van der Waals surface area contributed by atoms with Crippen molar-refractivity contribution in [3.05, 3.63) is 30.4 Å². The SMILES string of the molecule is CCn1cnnc1CCNC(=O)Nc1ccc2c(c1)O[C@@H](C)C(=O)N2C. The van der Waals surface area contributed by atoms with Gasteiger partial charge in [0.25, 0.3) is 5.91 Å². The first-order chi connectivity index (χ1) is 12.5. The molecule has 26 heavy (non-hydrogen) atoms. The molecule has 3 rings (SSSR count). The number of amides is 3. The second-order valence-electron chi connectivity index (χ2n) is 6.00. The quantitative estimate of drug-likeness (QED) is 0.841. The van der Waals surface area contributed by atoms with Crippen molar-refractivity contribution in [2.45, 2.75) is 32.9 Å². The van der Waals surface area contributed by atoms with Crippen LogP contribution in [-0.2, 0) is 17.8 Å². The summed E-state index contributed by atoms with van der Waals surface area (Å²) in [6, 6.07) is 4.87. The average molecular weight is 358 g/mol. The molecular formula is C17H22N6O3. The van der Waals surface area contributed by atoms with Gasteiger partial charge in [-0.05, 0) is 26.0 Å². The van der Waals surface area contributed by atoms with Gasteiger partial charge in [-0.2, -0.15) is 0 Å². The first kappa shape index (κ1) is 17.7. The number of aromatic nitrogens is 3. The zero-order valence-corrected chi connectivity index (χ0v) is 15.0. The van der Waals surface area contributed by atoms with Gasteiger partial charge in [-0.25, -0.2) is 4.79 Å². The fourth-order valence-corrected chi connectivity index (χ4v) is 2.80. The monoisotopic (exact) mass is 358 g/mol. The lowest BCUT2D eigenvalue weighted by molar-refractivity contribution is -0.125. The number of aryl methyl sites for hydroxylation is 1. The van der Waals surface area contributed by atoms with Crippen LogP contribution in [0.3, 0.4) is 0 Å². The maximum absolute atomic E-state index is 12.1. The molecule has 3 amide bonds. The lowest BCUT2D eigenvalue weighted by atomic mass is 10.2. The molecule has 2 heterocycles. The summed E-state index contributed by atoms with van der Waals surface area (Å²) in [5, 5.41) is 13.4. The summed E-state index contributed by atoms with van der Waals surface area (Å²) in [7, 11) is 1.70. The lowest BCUT2D eigenvalue weighted by Crippen LogP contribution is -2.42. The second-order valence-corrected chi connectivity index (χ2v) is 6.00. The molecule has 1 aromatic heterocycles. The zero-order chi connectivity index (χ0) is 18.7. The highest BCUT2D eigenvalue weighted by molar-refractivity contribution is 6.00. The third-order valence-electron chi connectivity index (χ3n) is 4.23. The third kappa shape index (κ3) is 3.61. The van der Waals surface area contributed by atoms with Gasteiger partial charge >= 0.3 is 6.03 Å². The summed E-state index contributed by atoms with van der Waals surface area (Å²) >= 11 is 0. The van der Waals surface area contributed by atoms with Crippen LogP contribution in [0.15, 0.2) is 24.5 Å². The number of likely N-dealkylation sites (N-methyl/N-ethyl adjacent to an activating group) is 1. The van der Waals surface area contributed by atoms with E-state index in [0.29, 0.717) is 30.1 Å². The fourth-order valence-electron chi connectivity index (χ4n) is 2.80. The minimum Gasteiger partial charge on any atom is -0.479 e. The number of anilines is 2. The van der Waals surface area contributed by atoms with Gasteiger partial charge in [0.05, 0.1) is 5.69 Å². The highest BCUT2D eigenvalue weighted by Crippen LogP contribution is 2.35. The van der Waals surface area contributed by atoms with Gasteiger partial charge in [0.1, 0.15) is 17.9 Å². The van der Waals surface area contributed by atoms with Crippen molar-refractivity contribution < 1.29 is 14.3 Å². The molecule has 0 aliphatic carbocycles. The predicted molar refractivity (Wildman–Crippen MR) is 96.4 cm³/mol. The molecule has 2 N–H and O–H groups in total. The third-order valence-corrected chi connectivity index (χ3v) is 4.23. The minimum absolute atomic E-state index is 0.101. The number of carbonyl (C=O) groups is 2. The number of rotatable bonds is 5. The van der Waals surface area contributed by atoms with Crippen LogP contribution in [-0.4, -0.2) is 46.4 Å². The molecule has 2 aromatic rings. The van der Waals surface area contributed by atoms with Crippen LogP contribution in [0.1, 0.15) is 19.7 Å². The molecule has 0 spiro atoms. The van der Waals surface area contributed by atoms with Crippen molar-refractivity contribution in [2.75, 3.05) is 23.8 Å². The van der Waals surface area contributed by atoms with Gasteiger partial charge in [-0.3, -0.25) is 4.79 Å². The Morgan fingerprint density at radius 3 is 2.96 bits per heavy atom. The van der Waals surface area contributed by atoms with Crippen LogP contribution >= 0.6 is 0 Å². The Balaban J connectivity index is 1.56. The van der Waals surface area contributed by atoms with Crippen LogP contribution in [0, 0.1) is 0 Å². The molecule has 0 fully saturated rings. The summed E-state index contributed by atoms with van der Waals surface area (Å²) < 4.78 is 7.54. The van der Waals surface area contributed by atoms with Gasteiger partial charge in [0.15, 0.2) is 6.10 Å². The summed E-state index contributed by atoms with van der Waals surface area (Å²) in [5.41, 5.74) is 1.27. The number of urea groups is 1. The maximum atomic E-state index is 12.1. The summed E-state index contributed by atoms with van der Waals surface area (Å²) in [6.07, 6.45) is 1.72. The van der Waals surface area contributed by atoms with E-state index in [9.17, 15) is 9.59 Å². The molecule has 138 valence electrons. The van der Waals surface area contributed by atoms with E-state index in [0.717, 1.165) is 12.4 Å². The molecule has 0 saturated carbocycles. The Bertz CT molecular complexity index is 819. The molecule has 1 aliphatic rings. The number of ether oxygens (including phenoxy) is 1. The van der Waals surface area contributed by atoms with E-state index < -0.39 is 6.10 Å². The van der Waals surface area contributed by atoms with Crippen molar-refractivity contribution >= 4 is 23.3 Å². The van der Waals surface area contributed by atoms with E-state index in [1.54, 1.807) is 43.4 Å². The van der Waals surface area contributed by atoms with Crippen molar-refractivity contribution in [1.82, 2.24) is 20.1 Å². The van der Waals surface area contributed by atoms with Crippen LogP contribution in [0.25, 0.3) is 0 Å². The van der Waals surface area contributed by atoms with E-state index in [-0.39, 0.29) is 11.9 Å². The molecule has 0 bridgehead atoms. The van der Waals surface area contributed by atoms with Gasteiger partial charge in [0, 0.05) is 38.3 Å². The normalized spacial score (nSPS) is 16.0. The highest BCUT2D eigenvalue weighted by Gasteiger charge is 2.28. The Morgan fingerprint density at radius 1 is 1.38 bits per heavy atom. The number of fused-ring (bicyclic) bond motifs is 1. The Labute approximate surface area is 151 Å². The first-order valence-electron chi connectivity index (χ1n) is 8.49. The van der Waals surface area contributed by atoms with Gasteiger partial charge in [0.2, 0.25) is 0 Å². The molecule has 1 aromatic carbocycles. The van der Waals surface area contributed by atoms with Gasteiger partial charge in [-0.15, -0.1) is 10.2 Å². The van der Waals surface area contributed by atoms with Crippen molar-refractivity contribution in [3.63, 3.8) is 0 Å². The highest BCUT2D eigenvalue weighted by atomic mass is 16.5. The predicted octanol–water partition coefficient (Wildman–Crippen LogP) is 1.41. The fraction of sp³-hybridized carbons (Fsp3) is 0.412. The molecule has 1 aliphatic heterocycles. The van der Waals surface area contributed by atoms with Crippen molar-refractivity contribution in [3.8, 4) is 5.75 Å². The molecular weight excluding hydrogens is 336 g/mol. The maximum Gasteiger partial charge on any atom is 0.319 e. The molecule has 9 heteroatoms. The summed E-state index contributed by atoms with van der Waals surface area (Å²) in [5.74, 6) is 1.29. The Hall–Kier alpha value is -3.10. The Kier molecular flexibility index (Phi) is 5.06. The number of nitrogens with one attached hydrogen (secondary N) is 2. The van der Waals surface area contributed by atoms with Crippen LogP contribution in [0.4, 0.5) is 16.2 Å². The van der Waals surface area contributed by atoms with Crippen LogP contribution < -0.4 is 20.3 Å². The van der Waals surface area contributed by atoms with Gasteiger partial charge in [-0.1, -0.05) is 0 Å². The van der Waals surface area contributed by atoms with Crippen molar-refractivity contribution in [2.24, 2.45) is 0 Å². The summed E-state index contributed by atoms with van der Waals surface area (Å²) in [6.45, 7) is 4.94.